The zero-order chi connectivity index (χ0) is 12.3. The summed E-state index contributed by atoms with van der Waals surface area (Å²) in [6, 6.07) is 2.25. The van der Waals surface area contributed by atoms with Crippen molar-refractivity contribution in [3.05, 3.63) is 29.3 Å². The highest BCUT2D eigenvalue weighted by Crippen LogP contribution is 2.26. The van der Waals surface area contributed by atoms with Crippen molar-refractivity contribution >= 4 is 0 Å². The fourth-order valence-corrected chi connectivity index (χ4v) is 2.26. The molecule has 1 aromatic heterocycles. The van der Waals surface area contributed by atoms with Crippen LogP contribution >= 0.6 is 0 Å². The number of aryl methyl sites for hydroxylation is 2. The summed E-state index contributed by atoms with van der Waals surface area (Å²) in [5.41, 5.74) is 2.24. The van der Waals surface area contributed by atoms with E-state index in [9.17, 15) is 0 Å². The number of nitrogens with one attached hydrogen (secondary N) is 1. The zero-order valence-electron chi connectivity index (χ0n) is 10.9. The maximum Gasteiger partial charge on any atom is 0.115 e. The molecular weight excluding hydrogens is 214 g/mol. The van der Waals surface area contributed by atoms with Crippen LogP contribution in [0.5, 0.6) is 0 Å². The number of rotatable bonds is 4. The first-order valence-corrected chi connectivity index (χ1v) is 6.30. The Balaban J connectivity index is 2.30. The van der Waals surface area contributed by atoms with Gasteiger partial charge in [0.2, 0.25) is 0 Å². The molecule has 1 aliphatic rings. The summed E-state index contributed by atoms with van der Waals surface area (Å²) in [5, 5.41) is 7.81. The maximum absolute atomic E-state index is 5.75. The van der Waals surface area contributed by atoms with Crippen LogP contribution in [0.1, 0.15) is 37.2 Å². The molecule has 2 heterocycles. The smallest absolute Gasteiger partial charge is 0.115 e. The minimum absolute atomic E-state index is 0.122. The average Bonchev–Trinajstić information content (AvgIpc) is 2.73. The monoisotopic (exact) mass is 235 g/mol. The van der Waals surface area contributed by atoms with E-state index in [0.29, 0.717) is 0 Å². The predicted octanol–water partition coefficient (Wildman–Crippen LogP) is 2.17. The van der Waals surface area contributed by atoms with Crippen LogP contribution in [0, 0.1) is 6.92 Å². The summed E-state index contributed by atoms with van der Waals surface area (Å²) in [4.78, 5) is 0. The molecule has 94 valence electrons. The molecule has 1 unspecified atom stereocenters. The minimum Gasteiger partial charge on any atom is -0.496 e. The van der Waals surface area contributed by atoms with Crippen molar-refractivity contribution in [2.75, 3.05) is 13.7 Å². The Morgan fingerprint density at radius 1 is 1.59 bits per heavy atom. The lowest BCUT2D eigenvalue weighted by atomic mass is 10.1. The zero-order valence-corrected chi connectivity index (χ0v) is 10.9. The highest BCUT2D eigenvalue weighted by molar-refractivity contribution is 5.22. The molecule has 17 heavy (non-hydrogen) atoms. The Kier molecular flexibility index (Phi) is 3.84. The maximum atomic E-state index is 5.75. The molecule has 0 fully saturated rings. The van der Waals surface area contributed by atoms with Crippen molar-refractivity contribution in [2.24, 2.45) is 0 Å². The first kappa shape index (κ1) is 12.2. The van der Waals surface area contributed by atoms with E-state index in [2.05, 4.69) is 29.5 Å². The van der Waals surface area contributed by atoms with Crippen LogP contribution in [-0.2, 0) is 11.3 Å². The molecule has 2 rings (SSSR count). The Labute approximate surface area is 103 Å². The van der Waals surface area contributed by atoms with Gasteiger partial charge in [0.25, 0.3) is 0 Å². The molecule has 0 amide bonds. The van der Waals surface area contributed by atoms with Crippen LogP contribution in [0.2, 0.25) is 0 Å². The topological polar surface area (TPSA) is 39.1 Å². The summed E-state index contributed by atoms with van der Waals surface area (Å²) >= 11 is 0. The van der Waals surface area contributed by atoms with Gasteiger partial charge in [0.05, 0.1) is 18.0 Å². The molecule has 0 aliphatic carbocycles. The van der Waals surface area contributed by atoms with Gasteiger partial charge in [-0.3, -0.25) is 4.68 Å². The molecular formula is C13H21N3O. The van der Waals surface area contributed by atoms with Gasteiger partial charge in [0.15, 0.2) is 0 Å². The summed E-state index contributed by atoms with van der Waals surface area (Å²) in [6.07, 6.45) is 4.41. The molecule has 0 radical (unpaired) electrons. The lowest BCUT2D eigenvalue weighted by molar-refractivity contribution is 0.167. The predicted molar refractivity (Wildman–Crippen MR) is 67.7 cm³/mol. The number of nitrogens with zero attached hydrogens (tertiary/aromatic N) is 2. The molecule has 1 aromatic rings. The first-order chi connectivity index (χ1) is 8.26. The number of aromatic nitrogens is 2. The lowest BCUT2D eigenvalue weighted by Crippen LogP contribution is -2.24. The van der Waals surface area contributed by atoms with Gasteiger partial charge in [0, 0.05) is 6.54 Å². The number of hydrogen-bond donors (Lipinski definition) is 1. The Morgan fingerprint density at radius 2 is 2.41 bits per heavy atom. The molecule has 0 aromatic carbocycles. The number of allylic oxidation sites excluding steroid dienone is 1. The van der Waals surface area contributed by atoms with Gasteiger partial charge in [-0.1, -0.05) is 0 Å². The standard InChI is InChI=1S/C13H21N3O/c1-4-16-11(9-10(2)15-16)13(14-3)12-7-5-6-8-17-12/h7,9,13-14H,4-6,8H2,1-3H3. The molecule has 0 saturated heterocycles. The van der Waals surface area contributed by atoms with Gasteiger partial charge in [-0.2, -0.15) is 5.10 Å². The van der Waals surface area contributed by atoms with E-state index in [-0.39, 0.29) is 6.04 Å². The summed E-state index contributed by atoms with van der Waals surface area (Å²) in [7, 11) is 1.96. The van der Waals surface area contributed by atoms with Crippen LogP contribution in [-0.4, -0.2) is 23.4 Å². The van der Waals surface area contributed by atoms with E-state index in [4.69, 9.17) is 4.74 Å². The largest absolute Gasteiger partial charge is 0.496 e. The molecule has 0 saturated carbocycles. The third kappa shape index (κ3) is 2.52. The van der Waals surface area contributed by atoms with E-state index in [1.807, 2.05) is 18.7 Å². The van der Waals surface area contributed by atoms with Crippen LogP contribution in [0.4, 0.5) is 0 Å². The summed E-state index contributed by atoms with van der Waals surface area (Å²) in [6.45, 7) is 5.84. The lowest BCUT2D eigenvalue weighted by Gasteiger charge is -2.23. The highest BCUT2D eigenvalue weighted by atomic mass is 16.5. The van der Waals surface area contributed by atoms with Crippen molar-refractivity contribution in [3.63, 3.8) is 0 Å². The number of likely N-dealkylation sites (N-methyl/N-ethyl adjacent to an activating group) is 1. The quantitative estimate of drug-likeness (QED) is 0.869. The van der Waals surface area contributed by atoms with Crippen LogP contribution in [0.25, 0.3) is 0 Å². The number of hydrogen-bond acceptors (Lipinski definition) is 3. The Bertz CT molecular complexity index is 409. The molecule has 0 bridgehead atoms. The highest BCUT2D eigenvalue weighted by Gasteiger charge is 2.22. The molecule has 0 spiro atoms. The normalized spacial score (nSPS) is 17.5. The van der Waals surface area contributed by atoms with Gasteiger partial charge >= 0.3 is 0 Å². The minimum atomic E-state index is 0.122. The fraction of sp³-hybridized carbons (Fsp3) is 0.615. The molecule has 4 nitrogen and oxygen atoms in total. The average molecular weight is 235 g/mol. The van der Waals surface area contributed by atoms with Crippen LogP contribution in [0.3, 0.4) is 0 Å². The van der Waals surface area contributed by atoms with Crippen molar-refractivity contribution in [3.8, 4) is 0 Å². The van der Waals surface area contributed by atoms with Gasteiger partial charge in [-0.05, 0) is 45.9 Å². The molecule has 1 aliphatic heterocycles. The van der Waals surface area contributed by atoms with E-state index in [1.54, 1.807) is 0 Å². The molecule has 4 heteroatoms. The van der Waals surface area contributed by atoms with Gasteiger partial charge in [0.1, 0.15) is 11.8 Å². The van der Waals surface area contributed by atoms with Crippen molar-refractivity contribution in [1.82, 2.24) is 15.1 Å². The van der Waals surface area contributed by atoms with Gasteiger partial charge in [-0.15, -0.1) is 0 Å². The SMILES string of the molecule is CCn1nc(C)cc1C(NC)C1=CCCCO1. The second-order valence-electron chi connectivity index (χ2n) is 4.35. The Hall–Kier alpha value is -1.29. The van der Waals surface area contributed by atoms with Crippen molar-refractivity contribution in [1.29, 1.82) is 0 Å². The summed E-state index contributed by atoms with van der Waals surface area (Å²) in [5.74, 6) is 1.04. The second kappa shape index (κ2) is 5.36. The molecule has 1 atom stereocenters. The second-order valence-corrected chi connectivity index (χ2v) is 4.35. The van der Waals surface area contributed by atoms with E-state index < -0.39 is 0 Å². The third-order valence-corrected chi connectivity index (χ3v) is 3.06. The fourth-order valence-electron chi connectivity index (χ4n) is 2.26. The first-order valence-electron chi connectivity index (χ1n) is 6.30. The van der Waals surface area contributed by atoms with Crippen LogP contribution in [0.15, 0.2) is 17.9 Å². The summed E-state index contributed by atoms with van der Waals surface area (Å²) < 4.78 is 7.79. The third-order valence-electron chi connectivity index (χ3n) is 3.06. The van der Waals surface area contributed by atoms with Crippen molar-refractivity contribution in [2.45, 2.75) is 39.3 Å². The van der Waals surface area contributed by atoms with E-state index >= 15 is 0 Å². The Morgan fingerprint density at radius 3 is 3.00 bits per heavy atom. The van der Waals surface area contributed by atoms with E-state index in [0.717, 1.165) is 37.4 Å². The van der Waals surface area contributed by atoms with Gasteiger partial charge in [-0.25, -0.2) is 0 Å². The van der Waals surface area contributed by atoms with E-state index in [1.165, 1.54) is 5.69 Å². The van der Waals surface area contributed by atoms with Gasteiger partial charge < -0.3 is 10.1 Å². The van der Waals surface area contributed by atoms with Crippen molar-refractivity contribution < 1.29 is 4.74 Å². The number of ether oxygens (including phenoxy) is 1. The van der Waals surface area contributed by atoms with Crippen LogP contribution < -0.4 is 5.32 Å². The molecule has 1 N–H and O–H groups in total.